The Kier molecular flexibility index (Phi) is 4.39. The maximum Gasteiger partial charge on any atom is 0.292 e. The Morgan fingerprint density at radius 1 is 1.21 bits per heavy atom. The van der Waals surface area contributed by atoms with E-state index in [0.29, 0.717) is 36.8 Å². The highest BCUT2D eigenvalue weighted by atomic mass is 16.5. The summed E-state index contributed by atoms with van der Waals surface area (Å²) in [6.07, 6.45) is 1.59. The number of benzene rings is 1. The maximum absolute atomic E-state index is 11.9. The molecule has 0 saturated heterocycles. The zero-order chi connectivity index (χ0) is 13.7. The van der Waals surface area contributed by atoms with Crippen LogP contribution >= 0.6 is 0 Å². The lowest BCUT2D eigenvalue weighted by atomic mass is 10.1. The predicted octanol–water partition coefficient (Wildman–Crippen LogP) is 1.56. The molecule has 1 aromatic rings. The van der Waals surface area contributed by atoms with Crippen molar-refractivity contribution < 1.29 is 19.1 Å². The van der Waals surface area contributed by atoms with Crippen LogP contribution in [0.25, 0.3) is 0 Å². The number of ketones is 1. The van der Waals surface area contributed by atoms with E-state index in [1.165, 1.54) is 0 Å². The van der Waals surface area contributed by atoms with E-state index in [9.17, 15) is 9.59 Å². The highest BCUT2D eigenvalue weighted by Crippen LogP contribution is 2.30. The summed E-state index contributed by atoms with van der Waals surface area (Å²) in [4.78, 5) is 23.5. The molecule has 1 heterocycles. The zero-order valence-electron chi connectivity index (χ0n) is 10.9. The second-order valence-electron chi connectivity index (χ2n) is 4.30. The molecule has 1 amide bonds. The van der Waals surface area contributed by atoms with E-state index in [1.807, 2.05) is 6.92 Å². The number of hydrogen-bond acceptors (Lipinski definition) is 4. The largest absolute Gasteiger partial charge is 0.490 e. The van der Waals surface area contributed by atoms with Gasteiger partial charge in [0.15, 0.2) is 11.5 Å². The lowest BCUT2D eigenvalue weighted by molar-refractivity contribution is -0.116. The van der Waals surface area contributed by atoms with Crippen LogP contribution in [0, 0.1) is 0 Å². The summed E-state index contributed by atoms with van der Waals surface area (Å²) in [6, 6.07) is 4.82. The van der Waals surface area contributed by atoms with Gasteiger partial charge in [-0.2, -0.15) is 0 Å². The molecule has 2 rings (SSSR count). The molecule has 5 nitrogen and oxygen atoms in total. The number of amides is 1. The molecule has 0 aliphatic carbocycles. The summed E-state index contributed by atoms with van der Waals surface area (Å²) in [5.41, 5.74) is 0.317. The average molecular weight is 263 g/mol. The van der Waals surface area contributed by atoms with Gasteiger partial charge in [-0.05, 0) is 24.6 Å². The Bertz CT molecular complexity index is 484. The first kappa shape index (κ1) is 13.4. The van der Waals surface area contributed by atoms with Gasteiger partial charge in [0.05, 0.1) is 13.2 Å². The smallest absolute Gasteiger partial charge is 0.292 e. The SMILES string of the molecule is CCCNC(=O)C(=O)c1ccc2c(c1)OCCCO2. The van der Waals surface area contributed by atoms with Gasteiger partial charge >= 0.3 is 0 Å². The van der Waals surface area contributed by atoms with Gasteiger partial charge in [0.1, 0.15) is 0 Å². The molecule has 5 heteroatoms. The number of nitrogens with one attached hydrogen (secondary N) is 1. The molecular formula is C14H17NO4. The van der Waals surface area contributed by atoms with Crippen LogP contribution in [0.4, 0.5) is 0 Å². The molecule has 0 aromatic heterocycles. The summed E-state index contributed by atoms with van der Waals surface area (Å²) in [5.74, 6) is -0.00454. The van der Waals surface area contributed by atoms with Crippen molar-refractivity contribution in [1.82, 2.24) is 5.32 Å². The molecule has 0 bridgehead atoms. The van der Waals surface area contributed by atoms with Crippen LogP contribution in [-0.2, 0) is 4.79 Å². The van der Waals surface area contributed by atoms with E-state index in [1.54, 1.807) is 18.2 Å². The van der Waals surface area contributed by atoms with Gasteiger partial charge in [0, 0.05) is 18.5 Å². The molecule has 0 fully saturated rings. The second kappa shape index (κ2) is 6.22. The van der Waals surface area contributed by atoms with Crippen LogP contribution in [0.15, 0.2) is 18.2 Å². The first-order valence-electron chi connectivity index (χ1n) is 6.44. The van der Waals surface area contributed by atoms with Crippen LogP contribution in [0.1, 0.15) is 30.1 Å². The number of Topliss-reactive ketones (excluding diaryl/α,β-unsaturated/α-hetero) is 1. The number of carbonyl (C=O) groups excluding carboxylic acids is 2. The summed E-state index contributed by atoms with van der Waals surface area (Å²) in [5, 5.41) is 2.56. The molecule has 0 saturated carbocycles. The van der Waals surface area contributed by atoms with Crippen molar-refractivity contribution >= 4 is 11.7 Å². The molecule has 0 atom stereocenters. The van der Waals surface area contributed by atoms with E-state index < -0.39 is 11.7 Å². The van der Waals surface area contributed by atoms with E-state index in [2.05, 4.69) is 5.32 Å². The molecule has 19 heavy (non-hydrogen) atoms. The highest BCUT2D eigenvalue weighted by molar-refractivity contribution is 6.42. The second-order valence-corrected chi connectivity index (χ2v) is 4.30. The van der Waals surface area contributed by atoms with Crippen molar-refractivity contribution in [1.29, 1.82) is 0 Å². The van der Waals surface area contributed by atoms with Crippen LogP contribution < -0.4 is 14.8 Å². The Hall–Kier alpha value is -2.04. The number of fused-ring (bicyclic) bond motifs is 1. The number of rotatable bonds is 4. The van der Waals surface area contributed by atoms with Crippen molar-refractivity contribution in [2.45, 2.75) is 19.8 Å². The molecule has 0 spiro atoms. The van der Waals surface area contributed by atoms with Crippen molar-refractivity contribution in [3.8, 4) is 11.5 Å². The molecular weight excluding hydrogens is 246 g/mol. The van der Waals surface area contributed by atoms with E-state index in [-0.39, 0.29) is 0 Å². The quantitative estimate of drug-likeness (QED) is 0.661. The Morgan fingerprint density at radius 3 is 2.68 bits per heavy atom. The Morgan fingerprint density at radius 2 is 1.95 bits per heavy atom. The number of ether oxygens (including phenoxy) is 2. The summed E-state index contributed by atoms with van der Waals surface area (Å²) in [6.45, 7) is 3.57. The predicted molar refractivity (Wildman–Crippen MR) is 69.7 cm³/mol. The monoisotopic (exact) mass is 263 g/mol. The lowest BCUT2D eigenvalue weighted by Crippen LogP contribution is -2.31. The van der Waals surface area contributed by atoms with Crippen LogP contribution in [0.3, 0.4) is 0 Å². The minimum absolute atomic E-state index is 0.317. The first-order chi connectivity index (χ1) is 9.22. The van der Waals surface area contributed by atoms with Gasteiger partial charge in [0.25, 0.3) is 5.91 Å². The van der Waals surface area contributed by atoms with Crippen molar-refractivity contribution in [3.63, 3.8) is 0 Å². The van der Waals surface area contributed by atoms with Gasteiger partial charge in [-0.25, -0.2) is 0 Å². The van der Waals surface area contributed by atoms with Crippen molar-refractivity contribution in [2.75, 3.05) is 19.8 Å². The van der Waals surface area contributed by atoms with Crippen LogP contribution in [0.2, 0.25) is 0 Å². The fourth-order valence-electron chi connectivity index (χ4n) is 1.75. The minimum atomic E-state index is -0.587. The Balaban J connectivity index is 2.14. The standard InChI is InChI=1S/C14H17NO4/c1-2-6-15-14(17)13(16)10-4-5-11-12(9-10)19-8-3-7-18-11/h4-5,9H,2-3,6-8H2,1H3,(H,15,17). The van der Waals surface area contributed by atoms with Crippen LogP contribution in [0.5, 0.6) is 11.5 Å². The Labute approximate surface area is 111 Å². The first-order valence-corrected chi connectivity index (χ1v) is 6.44. The summed E-state index contributed by atoms with van der Waals surface area (Å²) >= 11 is 0. The van der Waals surface area contributed by atoms with Crippen molar-refractivity contribution in [2.24, 2.45) is 0 Å². The molecule has 1 aliphatic heterocycles. The molecule has 1 aromatic carbocycles. The third-order valence-corrected chi connectivity index (χ3v) is 2.75. The third-order valence-electron chi connectivity index (χ3n) is 2.75. The molecule has 102 valence electrons. The minimum Gasteiger partial charge on any atom is -0.490 e. The lowest BCUT2D eigenvalue weighted by Gasteiger charge is -2.08. The normalized spacial score (nSPS) is 13.5. The fourth-order valence-corrected chi connectivity index (χ4v) is 1.75. The van der Waals surface area contributed by atoms with E-state index in [4.69, 9.17) is 9.47 Å². The van der Waals surface area contributed by atoms with Gasteiger partial charge in [0.2, 0.25) is 5.78 Å². The van der Waals surface area contributed by atoms with E-state index >= 15 is 0 Å². The van der Waals surface area contributed by atoms with Gasteiger partial charge in [-0.1, -0.05) is 6.92 Å². The topological polar surface area (TPSA) is 64.6 Å². The molecule has 1 N–H and O–H groups in total. The molecule has 0 unspecified atom stereocenters. The molecule has 0 radical (unpaired) electrons. The van der Waals surface area contributed by atoms with Gasteiger partial charge < -0.3 is 14.8 Å². The third kappa shape index (κ3) is 3.24. The highest BCUT2D eigenvalue weighted by Gasteiger charge is 2.18. The fraction of sp³-hybridized carbons (Fsp3) is 0.429. The van der Waals surface area contributed by atoms with Crippen molar-refractivity contribution in [3.05, 3.63) is 23.8 Å². The molecule has 1 aliphatic rings. The van der Waals surface area contributed by atoms with Gasteiger partial charge in [-0.15, -0.1) is 0 Å². The summed E-state index contributed by atoms with van der Waals surface area (Å²) in [7, 11) is 0. The average Bonchev–Trinajstić information content (AvgIpc) is 2.68. The number of carbonyl (C=O) groups is 2. The summed E-state index contributed by atoms with van der Waals surface area (Å²) < 4.78 is 11.0. The number of hydrogen-bond donors (Lipinski definition) is 1. The maximum atomic E-state index is 11.9. The van der Waals surface area contributed by atoms with E-state index in [0.717, 1.165) is 12.8 Å². The van der Waals surface area contributed by atoms with Crippen LogP contribution in [-0.4, -0.2) is 31.4 Å². The zero-order valence-corrected chi connectivity index (χ0v) is 10.9. The van der Waals surface area contributed by atoms with Gasteiger partial charge in [-0.3, -0.25) is 9.59 Å².